The Labute approximate surface area is 192 Å². The molecule has 0 spiro atoms. The Balaban J connectivity index is 1.65. The number of carbonyl (C=O) groups excluding carboxylic acids is 2. The van der Waals surface area contributed by atoms with Crippen molar-refractivity contribution in [1.29, 1.82) is 0 Å². The summed E-state index contributed by atoms with van der Waals surface area (Å²) in [5.74, 6) is -0.223. The van der Waals surface area contributed by atoms with Gasteiger partial charge in [-0.2, -0.15) is 0 Å². The van der Waals surface area contributed by atoms with E-state index in [4.69, 9.17) is 15.4 Å². The van der Waals surface area contributed by atoms with E-state index in [1.807, 2.05) is 0 Å². The standard InChI is InChI=1S/C23H29N2O7P/c1-15(25-23(27)17-7-10-19(11-8-17)32-33(28,29)30)18-9-12-21(20(13-18)22(24)26)31-14-16-5-3-2-4-6-16/h7-13,15-16H,2-6,14H2,1H3,(H2,24,26)(H,25,27)(H2,28,29,30)/p-1. The maximum absolute atomic E-state index is 12.6. The molecule has 1 saturated carbocycles. The number of phosphoric acid groups is 1. The number of hydrogen-bond donors (Lipinski definition) is 3. The van der Waals surface area contributed by atoms with Crippen LogP contribution in [0.1, 0.15) is 71.3 Å². The number of nitrogens with two attached hydrogens (primary N) is 1. The number of hydrogen-bond acceptors (Lipinski definition) is 6. The van der Waals surface area contributed by atoms with E-state index < -0.39 is 25.7 Å². The molecule has 0 saturated heterocycles. The van der Waals surface area contributed by atoms with Crippen LogP contribution in [0.4, 0.5) is 0 Å². The highest BCUT2D eigenvalue weighted by atomic mass is 31.2. The first-order chi connectivity index (χ1) is 15.6. The van der Waals surface area contributed by atoms with Gasteiger partial charge < -0.3 is 30.1 Å². The summed E-state index contributed by atoms with van der Waals surface area (Å²) >= 11 is 0. The second-order valence-corrected chi connectivity index (χ2v) is 9.33. The summed E-state index contributed by atoms with van der Waals surface area (Å²) in [6.45, 7) is 2.31. The first kappa shape index (κ1) is 24.8. The molecule has 10 heteroatoms. The SMILES string of the molecule is CC(NC(=O)c1ccc(OP(=O)([O-])O)cc1)c1ccc(OCC2CCCCC2)c(C(N)=O)c1. The van der Waals surface area contributed by atoms with Crippen LogP contribution in [0.25, 0.3) is 0 Å². The minimum Gasteiger partial charge on any atom is -0.746 e. The average Bonchev–Trinajstić information content (AvgIpc) is 2.77. The topological polar surface area (TPSA) is 151 Å². The van der Waals surface area contributed by atoms with E-state index in [9.17, 15) is 19.0 Å². The van der Waals surface area contributed by atoms with Gasteiger partial charge in [-0.1, -0.05) is 25.3 Å². The Kier molecular flexibility index (Phi) is 8.13. The van der Waals surface area contributed by atoms with Crippen LogP contribution in [0.5, 0.6) is 11.5 Å². The van der Waals surface area contributed by atoms with Crippen molar-refractivity contribution in [3.63, 3.8) is 0 Å². The number of phosphoric ester groups is 1. The van der Waals surface area contributed by atoms with Gasteiger partial charge in [0.25, 0.3) is 11.8 Å². The number of primary amides is 1. The lowest BCUT2D eigenvalue weighted by atomic mass is 9.90. The van der Waals surface area contributed by atoms with E-state index in [1.54, 1.807) is 25.1 Å². The lowest BCUT2D eigenvalue weighted by Gasteiger charge is -2.22. The van der Waals surface area contributed by atoms with Crippen LogP contribution < -0.4 is 25.2 Å². The zero-order chi connectivity index (χ0) is 24.0. The van der Waals surface area contributed by atoms with Crippen molar-refractivity contribution in [3.05, 3.63) is 59.2 Å². The molecule has 2 aromatic carbocycles. The third kappa shape index (κ3) is 7.32. The molecule has 2 atom stereocenters. The minimum atomic E-state index is -4.92. The Morgan fingerprint density at radius 3 is 2.45 bits per heavy atom. The van der Waals surface area contributed by atoms with Gasteiger partial charge in [0.15, 0.2) is 0 Å². The van der Waals surface area contributed by atoms with Crippen molar-refractivity contribution < 1.29 is 33.2 Å². The van der Waals surface area contributed by atoms with Gasteiger partial charge in [-0.05, 0) is 67.6 Å². The Morgan fingerprint density at radius 2 is 1.85 bits per heavy atom. The van der Waals surface area contributed by atoms with Gasteiger partial charge in [0, 0.05) is 5.56 Å². The number of amides is 2. The van der Waals surface area contributed by atoms with E-state index in [-0.39, 0.29) is 16.9 Å². The monoisotopic (exact) mass is 475 g/mol. The number of ether oxygens (including phenoxy) is 1. The van der Waals surface area contributed by atoms with Crippen LogP contribution in [-0.4, -0.2) is 23.3 Å². The fourth-order valence-corrected chi connectivity index (χ4v) is 4.25. The molecule has 2 aromatic rings. The normalized spacial score (nSPS) is 16.9. The molecule has 1 aliphatic rings. The van der Waals surface area contributed by atoms with Crippen molar-refractivity contribution >= 4 is 19.6 Å². The fourth-order valence-electron chi connectivity index (χ4n) is 3.86. The first-order valence-corrected chi connectivity index (χ1v) is 12.3. The minimum absolute atomic E-state index is 0.115. The van der Waals surface area contributed by atoms with Crippen molar-refractivity contribution in [3.8, 4) is 11.5 Å². The molecular formula is C23H28N2O7P-. The molecule has 2 amide bonds. The van der Waals surface area contributed by atoms with Gasteiger partial charge >= 0.3 is 7.82 Å². The quantitative estimate of drug-likeness (QED) is 0.472. The molecule has 178 valence electrons. The molecule has 1 aliphatic carbocycles. The Morgan fingerprint density at radius 1 is 1.18 bits per heavy atom. The zero-order valence-corrected chi connectivity index (χ0v) is 19.3. The molecular weight excluding hydrogens is 447 g/mol. The van der Waals surface area contributed by atoms with Crippen molar-refractivity contribution in [1.82, 2.24) is 5.32 Å². The van der Waals surface area contributed by atoms with Crippen molar-refractivity contribution in [2.24, 2.45) is 11.7 Å². The smallest absolute Gasteiger partial charge is 0.317 e. The second-order valence-electron chi connectivity index (χ2n) is 8.21. The molecule has 1 fully saturated rings. The summed E-state index contributed by atoms with van der Waals surface area (Å²) in [4.78, 5) is 44.1. The number of nitrogens with one attached hydrogen (secondary N) is 1. The highest BCUT2D eigenvalue weighted by molar-refractivity contribution is 7.45. The van der Waals surface area contributed by atoms with E-state index >= 15 is 0 Å². The highest BCUT2D eigenvalue weighted by Gasteiger charge is 2.19. The van der Waals surface area contributed by atoms with Crippen LogP contribution in [0.2, 0.25) is 0 Å². The van der Waals surface area contributed by atoms with Gasteiger partial charge in [0.2, 0.25) is 0 Å². The van der Waals surface area contributed by atoms with Gasteiger partial charge in [-0.3, -0.25) is 14.2 Å². The summed E-state index contributed by atoms with van der Waals surface area (Å²) in [5, 5.41) is 2.81. The maximum Gasteiger partial charge on any atom is 0.317 e. The van der Waals surface area contributed by atoms with Crippen LogP contribution >= 0.6 is 7.82 Å². The van der Waals surface area contributed by atoms with Crippen LogP contribution in [0, 0.1) is 5.92 Å². The molecule has 4 N–H and O–H groups in total. The van der Waals surface area contributed by atoms with E-state index in [2.05, 4.69) is 9.84 Å². The third-order valence-electron chi connectivity index (χ3n) is 5.65. The summed E-state index contributed by atoms with van der Waals surface area (Å²) in [7, 11) is -4.92. The molecule has 9 nitrogen and oxygen atoms in total. The molecule has 3 rings (SSSR count). The van der Waals surface area contributed by atoms with Crippen LogP contribution in [-0.2, 0) is 4.57 Å². The largest absolute Gasteiger partial charge is 0.746 e. The van der Waals surface area contributed by atoms with E-state index in [0.717, 1.165) is 12.8 Å². The number of benzene rings is 2. The Bertz CT molecular complexity index is 1030. The predicted octanol–water partition coefficient (Wildman–Crippen LogP) is 3.08. The van der Waals surface area contributed by atoms with Crippen LogP contribution in [0.3, 0.4) is 0 Å². The average molecular weight is 475 g/mol. The van der Waals surface area contributed by atoms with Gasteiger partial charge in [0.05, 0.1) is 18.2 Å². The van der Waals surface area contributed by atoms with Crippen LogP contribution in [0.15, 0.2) is 42.5 Å². The molecule has 0 bridgehead atoms. The summed E-state index contributed by atoms with van der Waals surface area (Å²) < 4.78 is 21.1. The molecule has 0 heterocycles. The van der Waals surface area contributed by atoms with Gasteiger partial charge in [-0.15, -0.1) is 0 Å². The molecule has 33 heavy (non-hydrogen) atoms. The highest BCUT2D eigenvalue weighted by Crippen LogP contribution is 2.33. The number of rotatable bonds is 9. The van der Waals surface area contributed by atoms with Gasteiger partial charge in [0.1, 0.15) is 11.5 Å². The molecule has 0 aliphatic heterocycles. The van der Waals surface area contributed by atoms with Crippen molar-refractivity contribution in [2.75, 3.05) is 6.61 Å². The first-order valence-electron chi connectivity index (χ1n) is 10.8. The maximum atomic E-state index is 12.6. The summed E-state index contributed by atoms with van der Waals surface area (Å²) in [6.07, 6.45) is 5.89. The third-order valence-corrected chi connectivity index (χ3v) is 6.09. The molecule has 2 unspecified atom stereocenters. The zero-order valence-electron chi connectivity index (χ0n) is 18.4. The van der Waals surface area contributed by atoms with Crippen molar-refractivity contribution in [2.45, 2.75) is 45.1 Å². The van der Waals surface area contributed by atoms with Gasteiger partial charge in [-0.25, -0.2) is 0 Å². The fraction of sp³-hybridized carbons (Fsp3) is 0.391. The molecule has 0 radical (unpaired) electrons. The second kappa shape index (κ2) is 10.8. The summed E-state index contributed by atoms with van der Waals surface area (Å²) in [6, 6.07) is 9.88. The lowest BCUT2D eigenvalue weighted by molar-refractivity contribution is -0.211. The number of carbonyl (C=O) groups is 2. The van der Waals surface area contributed by atoms with E-state index in [1.165, 1.54) is 43.5 Å². The lowest BCUT2D eigenvalue weighted by Crippen LogP contribution is -2.27. The summed E-state index contributed by atoms with van der Waals surface area (Å²) in [5.41, 5.74) is 6.76. The Hall–Kier alpha value is -2.87. The van der Waals surface area contributed by atoms with E-state index in [0.29, 0.717) is 23.8 Å². The predicted molar refractivity (Wildman–Crippen MR) is 120 cm³/mol. The molecule has 0 aromatic heterocycles.